The molecule has 0 aromatic heterocycles. The maximum absolute atomic E-state index is 12.4. The topological polar surface area (TPSA) is 60.9 Å². The molecule has 108 valence electrons. The number of amides is 2. The quantitative estimate of drug-likeness (QED) is 0.914. The highest BCUT2D eigenvalue weighted by molar-refractivity contribution is 5.76. The minimum atomic E-state index is -0.875. The Hall–Kier alpha value is -2.04. The number of nitrogens with zero attached hydrogens (tertiary/aromatic N) is 2. The van der Waals surface area contributed by atoms with Gasteiger partial charge in [0, 0.05) is 26.2 Å². The van der Waals surface area contributed by atoms with Crippen molar-refractivity contribution in [2.24, 2.45) is 0 Å². The molecule has 0 fully saturated rings. The maximum atomic E-state index is 12.4. The van der Waals surface area contributed by atoms with Crippen LogP contribution in [0.3, 0.4) is 0 Å². The number of carboxylic acid groups (broad SMARTS) is 1. The first-order chi connectivity index (χ1) is 9.61. The molecule has 0 atom stereocenters. The molecule has 0 aliphatic carbocycles. The van der Waals surface area contributed by atoms with Crippen LogP contribution < -0.4 is 0 Å². The van der Waals surface area contributed by atoms with Gasteiger partial charge in [-0.1, -0.05) is 24.3 Å². The summed E-state index contributed by atoms with van der Waals surface area (Å²) in [7, 11) is 0. The molecule has 0 bridgehead atoms. The van der Waals surface area contributed by atoms with E-state index < -0.39 is 5.97 Å². The van der Waals surface area contributed by atoms with Crippen LogP contribution in [0.1, 0.15) is 24.5 Å². The number of urea groups is 1. The van der Waals surface area contributed by atoms with E-state index in [1.54, 1.807) is 9.80 Å². The van der Waals surface area contributed by atoms with Crippen LogP contribution in [0.15, 0.2) is 24.3 Å². The van der Waals surface area contributed by atoms with E-state index in [9.17, 15) is 9.59 Å². The Morgan fingerprint density at radius 1 is 1.30 bits per heavy atom. The molecule has 20 heavy (non-hydrogen) atoms. The minimum Gasteiger partial charge on any atom is -0.481 e. The number of benzene rings is 1. The van der Waals surface area contributed by atoms with E-state index in [2.05, 4.69) is 6.07 Å². The van der Waals surface area contributed by atoms with Crippen LogP contribution >= 0.6 is 0 Å². The average Bonchev–Trinajstić information content (AvgIpc) is 2.47. The monoisotopic (exact) mass is 276 g/mol. The molecular weight excluding hydrogens is 256 g/mol. The zero-order chi connectivity index (χ0) is 14.5. The van der Waals surface area contributed by atoms with E-state index in [0.29, 0.717) is 19.6 Å². The zero-order valence-corrected chi connectivity index (χ0v) is 11.7. The highest BCUT2D eigenvalue weighted by Gasteiger charge is 2.24. The van der Waals surface area contributed by atoms with Crippen LogP contribution in [0.25, 0.3) is 0 Å². The Morgan fingerprint density at radius 3 is 2.65 bits per heavy atom. The van der Waals surface area contributed by atoms with Gasteiger partial charge < -0.3 is 14.9 Å². The van der Waals surface area contributed by atoms with Crippen molar-refractivity contribution in [2.45, 2.75) is 26.3 Å². The van der Waals surface area contributed by atoms with Gasteiger partial charge in [0.2, 0.25) is 0 Å². The van der Waals surface area contributed by atoms with Crippen LogP contribution in [0.2, 0.25) is 0 Å². The van der Waals surface area contributed by atoms with E-state index >= 15 is 0 Å². The van der Waals surface area contributed by atoms with Crippen LogP contribution in [0.5, 0.6) is 0 Å². The lowest BCUT2D eigenvalue weighted by Crippen LogP contribution is -2.45. The summed E-state index contributed by atoms with van der Waals surface area (Å²) < 4.78 is 0. The third kappa shape index (κ3) is 3.29. The summed E-state index contributed by atoms with van der Waals surface area (Å²) in [5, 5.41) is 8.73. The Labute approximate surface area is 118 Å². The summed E-state index contributed by atoms with van der Waals surface area (Å²) in [5.41, 5.74) is 2.48. The number of aliphatic carboxylic acids is 1. The first kappa shape index (κ1) is 14.4. The number of carboxylic acids is 1. The van der Waals surface area contributed by atoms with E-state index in [-0.39, 0.29) is 19.0 Å². The fraction of sp³-hybridized carbons (Fsp3) is 0.467. The van der Waals surface area contributed by atoms with Gasteiger partial charge in [-0.3, -0.25) is 4.79 Å². The van der Waals surface area contributed by atoms with Gasteiger partial charge in [0.15, 0.2) is 0 Å². The van der Waals surface area contributed by atoms with Crippen LogP contribution in [0, 0.1) is 0 Å². The third-order valence-electron chi connectivity index (χ3n) is 3.65. The highest BCUT2D eigenvalue weighted by atomic mass is 16.4. The molecule has 1 N–H and O–H groups in total. The highest BCUT2D eigenvalue weighted by Crippen LogP contribution is 2.19. The summed E-state index contributed by atoms with van der Waals surface area (Å²) in [5.74, 6) is -0.875. The second kappa shape index (κ2) is 6.41. The normalized spacial score (nSPS) is 13.8. The second-order valence-electron chi connectivity index (χ2n) is 4.95. The first-order valence-corrected chi connectivity index (χ1v) is 6.94. The molecule has 1 aliphatic rings. The summed E-state index contributed by atoms with van der Waals surface area (Å²) >= 11 is 0. The summed E-state index contributed by atoms with van der Waals surface area (Å²) in [6.07, 6.45) is 0.850. The van der Waals surface area contributed by atoms with Gasteiger partial charge in [0.1, 0.15) is 0 Å². The fourth-order valence-electron chi connectivity index (χ4n) is 2.48. The zero-order valence-electron chi connectivity index (χ0n) is 11.7. The van der Waals surface area contributed by atoms with Crippen molar-refractivity contribution in [2.75, 3.05) is 19.6 Å². The summed E-state index contributed by atoms with van der Waals surface area (Å²) in [6.45, 7) is 3.97. The van der Waals surface area contributed by atoms with Crippen LogP contribution in [-0.4, -0.2) is 46.5 Å². The summed E-state index contributed by atoms with van der Waals surface area (Å²) in [4.78, 5) is 26.4. The molecule has 0 unspecified atom stereocenters. The standard InChI is InChI=1S/C15H20N2O3/c1-2-16(10-8-14(18)19)15(20)17-9-7-12-5-3-4-6-13(12)11-17/h3-6H,2,7-11H2,1H3,(H,18,19). The molecule has 1 aliphatic heterocycles. The maximum Gasteiger partial charge on any atom is 0.320 e. The first-order valence-electron chi connectivity index (χ1n) is 6.94. The van der Waals surface area contributed by atoms with Gasteiger partial charge in [-0.05, 0) is 24.5 Å². The molecule has 1 heterocycles. The molecule has 0 radical (unpaired) electrons. The smallest absolute Gasteiger partial charge is 0.320 e. The van der Waals surface area contributed by atoms with Crippen molar-refractivity contribution in [1.29, 1.82) is 0 Å². The molecule has 1 aromatic rings. The SMILES string of the molecule is CCN(CCC(=O)O)C(=O)N1CCc2ccccc2C1. The van der Waals surface area contributed by atoms with Gasteiger partial charge in [0.25, 0.3) is 0 Å². The molecule has 0 spiro atoms. The van der Waals surface area contributed by atoms with Crippen molar-refractivity contribution in [3.05, 3.63) is 35.4 Å². The fourth-order valence-corrected chi connectivity index (χ4v) is 2.48. The van der Waals surface area contributed by atoms with Crippen molar-refractivity contribution >= 4 is 12.0 Å². The van der Waals surface area contributed by atoms with E-state index in [1.807, 2.05) is 25.1 Å². The van der Waals surface area contributed by atoms with Crippen molar-refractivity contribution in [1.82, 2.24) is 9.80 Å². The molecule has 0 saturated carbocycles. The molecular formula is C15H20N2O3. The Morgan fingerprint density at radius 2 is 2.00 bits per heavy atom. The van der Waals surface area contributed by atoms with E-state index in [1.165, 1.54) is 11.1 Å². The number of hydrogen-bond donors (Lipinski definition) is 1. The van der Waals surface area contributed by atoms with E-state index in [0.717, 1.165) is 6.42 Å². The van der Waals surface area contributed by atoms with Gasteiger partial charge >= 0.3 is 12.0 Å². The number of carbonyl (C=O) groups is 2. The number of fused-ring (bicyclic) bond motifs is 1. The van der Waals surface area contributed by atoms with Crippen molar-refractivity contribution < 1.29 is 14.7 Å². The van der Waals surface area contributed by atoms with Crippen molar-refractivity contribution in [3.63, 3.8) is 0 Å². The van der Waals surface area contributed by atoms with E-state index in [4.69, 9.17) is 5.11 Å². The molecule has 2 rings (SSSR count). The average molecular weight is 276 g/mol. The van der Waals surface area contributed by atoms with Crippen LogP contribution in [0.4, 0.5) is 4.79 Å². The third-order valence-corrected chi connectivity index (χ3v) is 3.65. The van der Waals surface area contributed by atoms with Crippen LogP contribution in [-0.2, 0) is 17.8 Å². The largest absolute Gasteiger partial charge is 0.481 e. The summed E-state index contributed by atoms with van der Waals surface area (Å²) in [6, 6.07) is 8.07. The Bertz CT molecular complexity index is 502. The lowest BCUT2D eigenvalue weighted by molar-refractivity contribution is -0.137. The molecule has 0 saturated heterocycles. The second-order valence-corrected chi connectivity index (χ2v) is 4.95. The van der Waals surface area contributed by atoms with Gasteiger partial charge in [-0.25, -0.2) is 4.79 Å². The predicted octanol–water partition coefficient (Wildman–Crippen LogP) is 1.96. The predicted molar refractivity (Wildman–Crippen MR) is 75.5 cm³/mol. The molecule has 1 aromatic carbocycles. The number of carbonyl (C=O) groups excluding carboxylic acids is 1. The van der Waals surface area contributed by atoms with Gasteiger partial charge in [-0.2, -0.15) is 0 Å². The molecule has 5 nitrogen and oxygen atoms in total. The van der Waals surface area contributed by atoms with Crippen molar-refractivity contribution in [3.8, 4) is 0 Å². The lowest BCUT2D eigenvalue weighted by Gasteiger charge is -2.33. The lowest BCUT2D eigenvalue weighted by atomic mass is 10.0. The number of hydrogen-bond acceptors (Lipinski definition) is 2. The van der Waals surface area contributed by atoms with Gasteiger partial charge in [-0.15, -0.1) is 0 Å². The molecule has 2 amide bonds. The Balaban J connectivity index is 2.01. The molecule has 5 heteroatoms. The number of rotatable bonds is 4. The Kier molecular flexibility index (Phi) is 4.61. The minimum absolute atomic E-state index is 0.00991. The van der Waals surface area contributed by atoms with Gasteiger partial charge in [0.05, 0.1) is 6.42 Å².